The molecule has 1 saturated heterocycles. The normalized spacial score (nSPS) is 25.4. The summed E-state index contributed by atoms with van der Waals surface area (Å²) in [5.41, 5.74) is 0.659. The number of amides is 1. The molecule has 1 aromatic rings. The van der Waals surface area contributed by atoms with Crippen molar-refractivity contribution in [3.05, 3.63) is 17.7 Å². The van der Waals surface area contributed by atoms with Crippen LogP contribution in [0.15, 0.2) is 12.1 Å². The molecular formula is C20H29NO5. The maximum atomic E-state index is 13.2. The van der Waals surface area contributed by atoms with Crippen LogP contribution in [0.1, 0.15) is 42.5 Å². The van der Waals surface area contributed by atoms with E-state index in [1.807, 2.05) is 4.90 Å². The summed E-state index contributed by atoms with van der Waals surface area (Å²) in [7, 11) is 6.46. The molecule has 1 aliphatic carbocycles. The second kappa shape index (κ2) is 7.74. The third-order valence-corrected chi connectivity index (χ3v) is 5.92. The zero-order valence-electron chi connectivity index (χ0n) is 16.2. The van der Waals surface area contributed by atoms with Gasteiger partial charge in [0.2, 0.25) is 5.75 Å². The molecule has 0 bridgehead atoms. The van der Waals surface area contributed by atoms with E-state index in [-0.39, 0.29) is 17.4 Å². The molecule has 0 aromatic heterocycles. The number of rotatable bonds is 5. The Morgan fingerprint density at radius 1 is 1.04 bits per heavy atom. The van der Waals surface area contributed by atoms with Crippen molar-refractivity contribution in [1.29, 1.82) is 0 Å². The largest absolute Gasteiger partial charge is 0.493 e. The number of nitrogens with zero attached hydrogens (tertiary/aromatic N) is 1. The number of likely N-dealkylation sites (tertiary alicyclic amines) is 1. The Morgan fingerprint density at radius 3 is 2.27 bits per heavy atom. The molecule has 2 fully saturated rings. The van der Waals surface area contributed by atoms with Crippen LogP contribution in [0.25, 0.3) is 0 Å². The van der Waals surface area contributed by atoms with Gasteiger partial charge < -0.3 is 23.8 Å². The van der Waals surface area contributed by atoms with E-state index in [0.29, 0.717) is 22.8 Å². The van der Waals surface area contributed by atoms with Crippen LogP contribution < -0.4 is 14.2 Å². The van der Waals surface area contributed by atoms with Crippen LogP contribution in [0.5, 0.6) is 17.2 Å². The van der Waals surface area contributed by atoms with Crippen molar-refractivity contribution in [2.45, 2.75) is 38.2 Å². The Labute approximate surface area is 155 Å². The van der Waals surface area contributed by atoms with Crippen molar-refractivity contribution in [1.82, 2.24) is 4.90 Å². The highest BCUT2D eigenvalue weighted by atomic mass is 16.5. The van der Waals surface area contributed by atoms with Gasteiger partial charge in [-0.15, -0.1) is 0 Å². The van der Waals surface area contributed by atoms with E-state index in [4.69, 9.17) is 18.9 Å². The maximum absolute atomic E-state index is 13.2. The van der Waals surface area contributed by atoms with Gasteiger partial charge in [0.15, 0.2) is 11.5 Å². The van der Waals surface area contributed by atoms with Crippen molar-refractivity contribution in [3.8, 4) is 17.2 Å². The Kier molecular flexibility index (Phi) is 5.61. The number of hydrogen-bond donors (Lipinski definition) is 0. The summed E-state index contributed by atoms with van der Waals surface area (Å²) >= 11 is 0. The van der Waals surface area contributed by atoms with Gasteiger partial charge in [0, 0.05) is 31.2 Å². The standard InChI is InChI=1S/C20H29NO5/c1-23-15-11-14(12-16(24-2)18(15)26-4)19(22)21-10-6-9-20(13-21)8-5-7-17(20)25-3/h11-12,17H,5-10,13H2,1-4H3/t17-,20+/m1/s1. The minimum atomic E-state index is 0.00470. The van der Waals surface area contributed by atoms with Crippen LogP contribution in [0.3, 0.4) is 0 Å². The second-order valence-corrected chi connectivity index (χ2v) is 7.22. The molecule has 0 N–H and O–H groups in total. The molecule has 1 aromatic carbocycles. The highest BCUT2D eigenvalue weighted by Crippen LogP contribution is 2.47. The summed E-state index contributed by atoms with van der Waals surface area (Å²) in [6, 6.07) is 3.46. The zero-order valence-corrected chi connectivity index (χ0v) is 16.2. The van der Waals surface area contributed by atoms with E-state index in [1.165, 1.54) is 6.42 Å². The third-order valence-electron chi connectivity index (χ3n) is 5.92. The minimum absolute atomic E-state index is 0.00470. The first kappa shape index (κ1) is 18.8. The highest BCUT2D eigenvalue weighted by Gasteiger charge is 2.46. The van der Waals surface area contributed by atoms with Gasteiger partial charge >= 0.3 is 0 Å². The van der Waals surface area contributed by atoms with Crippen LogP contribution in [0.4, 0.5) is 0 Å². The molecule has 0 unspecified atom stereocenters. The summed E-state index contributed by atoms with van der Waals surface area (Å²) in [6.07, 6.45) is 5.77. The van der Waals surface area contributed by atoms with Crippen LogP contribution in [-0.4, -0.2) is 58.4 Å². The van der Waals surface area contributed by atoms with Crippen LogP contribution >= 0.6 is 0 Å². The van der Waals surface area contributed by atoms with Gasteiger partial charge in [-0.2, -0.15) is 0 Å². The lowest BCUT2D eigenvalue weighted by atomic mass is 9.76. The average Bonchev–Trinajstić information content (AvgIpc) is 3.07. The first-order valence-corrected chi connectivity index (χ1v) is 9.20. The molecule has 1 heterocycles. The van der Waals surface area contributed by atoms with Crippen LogP contribution in [0, 0.1) is 5.41 Å². The first-order chi connectivity index (χ1) is 12.6. The van der Waals surface area contributed by atoms with Crippen LogP contribution in [0.2, 0.25) is 0 Å². The van der Waals surface area contributed by atoms with E-state index in [1.54, 1.807) is 40.6 Å². The molecule has 0 radical (unpaired) electrons. The van der Waals surface area contributed by atoms with E-state index >= 15 is 0 Å². The van der Waals surface area contributed by atoms with Gasteiger partial charge in [0.25, 0.3) is 5.91 Å². The molecule has 6 nitrogen and oxygen atoms in total. The monoisotopic (exact) mass is 363 g/mol. The van der Waals surface area contributed by atoms with Crippen molar-refractivity contribution < 1.29 is 23.7 Å². The average molecular weight is 363 g/mol. The first-order valence-electron chi connectivity index (χ1n) is 9.20. The molecule has 2 aliphatic rings. The van der Waals surface area contributed by atoms with Gasteiger partial charge in [0.1, 0.15) is 0 Å². The second-order valence-electron chi connectivity index (χ2n) is 7.22. The lowest BCUT2D eigenvalue weighted by molar-refractivity contribution is -0.0295. The van der Waals surface area contributed by atoms with Crippen molar-refractivity contribution in [3.63, 3.8) is 0 Å². The van der Waals surface area contributed by atoms with Gasteiger partial charge in [-0.05, 0) is 37.8 Å². The number of hydrogen-bond acceptors (Lipinski definition) is 5. The third kappa shape index (κ3) is 3.22. The Bertz CT molecular complexity index is 637. The predicted octanol–water partition coefficient (Wildman–Crippen LogP) is 3.13. The van der Waals surface area contributed by atoms with Crippen LogP contribution in [-0.2, 0) is 4.74 Å². The Morgan fingerprint density at radius 2 is 1.69 bits per heavy atom. The van der Waals surface area contributed by atoms with E-state index < -0.39 is 0 Å². The lowest BCUT2D eigenvalue weighted by Gasteiger charge is -2.43. The number of methoxy groups -OCH3 is 4. The van der Waals surface area contributed by atoms with Gasteiger partial charge in [-0.1, -0.05) is 6.42 Å². The van der Waals surface area contributed by atoms with E-state index in [9.17, 15) is 4.79 Å². The topological polar surface area (TPSA) is 57.2 Å². The molecule has 1 spiro atoms. The molecule has 26 heavy (non-hydrogen) atoms. The van der Waals surface area contributed by atoms with Crippen molar-refractivity contribution in [2.75, 3.05) is 41.5 Å². The smallest absolute Gasteiger partial charge is 0.254 e. The molecule has 1 aliphatic heterocycles. The lowest BCUT2D eigenvalue weighted by Crippen LogP contribution is -2.49. The molecule has 3 rings (SSSR count). The summed E-state index contributed by atoms with van der Waals surface area (Å²) in [4.78, 5) is 15.2. The summed E-state index contributed by atoms with van der Waals surface area (Å²) in [5, 5.41) is 0. The van der Waals surface area contributed by atoms with E-state index in [2.05, 4.69) is 0 Å². The van der Waals surface area contributed by atoms with Gasteiger partial charge in [-0.3, -0.25) is 4.79 Å². The van der Waals surface area contributed by atoms with Gasteiger partial charge in [0.05, 0.1) is 27.4 Å². The number of carbonyl (C=O) groups is 1. The SMILES string of the molecule is COc1cc(C(=O)N2CCC[C@@]3(CCC[C@H]3OC)C2)cc(OC)c1OC. The molecule has 6 heteroatoms. The fourth-order valence-corrected chi connectivity index (χ4v) is 4.66. The summed E-state index contributed by atoms with van der Waals surface area (Å²) in [5.74, 6) is 1.50. The quantitative estimate of drug-likeness (QED) is 0.804. The Balaban J connectivity index is 1.87. The van der Waals surface area contributed by atoms with Crippen molar-refractivity contribution >= 4 is 5.91 Å². The predicted molar refractivity (Wildman–Crippen MR) is 98.3 cm³/mol. The Hall–Kier alpha value is -1.95. The fraction of sp³-hybridized carbons (Fsp3) is 0.650. The molecule has 144 valence electrons. The number of carbonyl (C=O) groups excluding carboxylic acids is 1. The number of ether oxygens (including phenoxy) is 4. The van der Waals surface area contributed by atoms with E-state index in [0.717, 1.165) is 38.8 Å². The molecule has 1 saturated carbocycles. The maximum Gasteiger partial charge on any atom is 0.254 e. The molecular weight excluding hydrogens is 334 g/mol. The van der Waals surface area contributed by atoms with Gasteiger partial charge in [-0.25, -0.2) is 0 Å². The number of benzene rings is 1. The summed E-state index contributed by atoms with van der Waals surface area (Å²) in [6.45, 7) is 1.52. The number of piperidine rings is 1. The minimum Gasteiger partial charge on any atom is -0.493 e. The molecule has 2 atom stereocenters. The molecule has 1 amide bonds. The highest BCUT2D eigenvalue weighted by molar-refractivity contribution is 5.95. The fourth-order valence-electron chi connectivity index (χ4n) is 4.66. The van der Waals surface area contributed by atoms with Crippen molar-refractivity contribution in [2.24, 2.45) is 5.41 Å². The summed E-state index contributed by atoms with van der Waals surface area (Å²) < 4.78 is 21.9. The zero-order chi connectivity index (χ0) is 18.7.